The fourth-order valence-electron chi connectivity index (χ4n) is 2.49. The van der Waals surface area contributed by atoms with Crippen LogP contribution in [-0.4, -0.2) is 28.2 Å². The first-order chi connectivity index (χ1) is 9.55. The molecule has 6 nitrogen and oxygen atoms in total. The monoisotopic (exact) mass is 280 g/mol. The third-order valence-electron chi connectivity index (χ3n) is 3.98. The molecule has 1 heterocycles. The molecule has 1 amide bonds. The van der Waals surface area contributed by atoms with Gasteiger partial charge in [-0.25, -0.2) is 0 Å². The van der Waals surface area contributed by atoms with Crippen molar-refractivity contribution in [1.29, 1.82) is 0 Å². The van der Waals surface area contributed by atoms with E-state index >= 15 is 0 Å². The van der Waals surface area contributed by atoms with Crippen molar-refractivity contribution in [2.45, 2.75) is 51.5 Å². The minimum absolute atomic E-state index is 0.0784. The van der Waals surface area contributed by atoms with E-state index in [9.17, 15) is 9.59 Å². The first-order valence-electron chi connectivity index (χ1n) is 7.05. The molecule has 1 aliphatic carbocycles. The molecule has 20 heavy (non-hydrogen) atoms. The van der Waals surface area contributed by atoms with E-state index in [2.05, 4.69) is 24.3 Å². The fraction of sp³-hybridized carbons (Fsp3) is 0.643. The fourth-order valence-corrected chi connectivity index (χ4v) is 2.49. The van der Waals surface area contributed by atoms with Crippen LogP contribution in [0.5, 0.6) is 0 Å². The number of nitrogens with one attached hydrogen (secondary N) is 1. The molecule has 0 saturated heterocycles. The van der Waals surface area contributed by atoms with Crippen LogP contribution in [0.4, 0.5) is 0 Å². The minimum atomic E-state index is -0.800. The number of nitrogens with zero attached hydrogens (tertiary/aromatic N) is 1. The minimum Gasteiger partial charge on any atom is -0.481 e. The van der Waals surface area contributed by atoms with Crippen molar-refractivity contribution in [3.63, 3.8) is 0 Å². The summed E-state index contributed by atoms with van der Waals surface area (Å²) in [6.07, 6.45) is 2.86. The summed E-state index contributed by atoms with van der Waals surface area (Å²) in [4.78, 5) is 22.6. The van der Waals surface area contributed by atoms with E-state index in [-0.39, 0.29) is 23.6 Å². The molecule has 2 N–H and O–H groups in total. The second kappa shape index (κ2) is 6.07. The predicted octanol–water partition coefficient (Wildman–Crippen LogP) is 2.17. The van der Waals surface area contributed by atoms with Gasteiger partial charge in [0.1, 0.15) is 0 Å². The summed E-state index contributed by atoms with van der Waals surface area (Å²) < 4.78 is 5.08. The molecule has 1 aromatic heterocycles. The topological polar surface area (TPSA) is 92.4 Å². The zero-order chi connectivity index (χ0) is 14.7. The number of amides is 1. The number of carbonyl (C=O) groups excluding carboxylic acids is 1. The summed E-state index contributed by atoms with van der Waals surface area (Å²) >= 11 is 0. The van der Waals surface area contributed by atoms with E-state index in [1.165, 1.54) is 0 Å². The number of aliphatic carboxylic acids is 1. The van der Waals surface area contributed by atoms with Gasteiger partial charge in [0.05, 0.1) is 11.6 Å². The van der Waals surface area contributed by atoms with Crippen molar-refractivity contribution in [2.24, 2.45) is 5.92 Å². The van der Waals surface area contributed by atoms with E-state index in [0.717, 1.165) is 18.5 Å². The van der Waals surface area contributed by atoms with Gasteiger partial charge in [-0.2, -0.15) is 0 Å². The highest BCUT2D eigenvalue weighted by Gasteiger charge is 2.35. The van der Waals surface area contributed by atoms with E-state index in [0.29, 0.717) is 18.8 Å². The summed E-state index contributed by atoms with van der Waals surface area (Å²) in [5, 5.41) is 15.5. The molecule has 0 radical (unpaired) electrons. The molecule has 0 bridgehead atoms. The first kappa shape index (κ1) is 14.6. The molecule has 1 aliphatic rings. The van der Waals surface area contributed by atoms with E-state index in [1.807, 2.05) is 0 Å². The summed E-state index contributed by atoms with van der Waals surface area (Å²) in [6, 6.07) is 1.60. The molecule has 6 heteroatoms. The van der Waals surface area contributed by atoms with Crippen LogP contribution in [-0.2, 0) is 4.79 Å². The van der Waals surface area contributed by atoms with Crippen LogP contribution in [0.2, 0.25) is 0 Å². The van der Waals surface area contributed by atoms with Gasteiger partial charge in [-0.1, -0.05) is 19.0 Å². The molecule has 0 aromatic carbocycles. The largest absolute Gasteiger partial charge is 0.481 e. The number of rotatable bonds is 6. The highest BCUT2D eigenvalue weighted by molar-refractivity contribution is 5.91. The molecular formula is C14H20N2O4. The van der Waals surface area contributed by atoms with Crippen molar-refractivity contribution >= 4 is 11.9 Å². The van der Waals surface area contributed by atoms with Gasteiger partial charge < -0.3 is 14.9 Å². The SMILES string of the molecule is CCC(CC)c1cc(C(=O)NC2CC(C(=O)O)C2)on1. The Balaban J connectivity index is 1.89. The smallest absolute Gasteiger partial charge is 0.306 e. The van der Waals surface area contributed by atoms with Crippen LogP contribution >= 0.6 is 0 Å². The maximum atomic E-state index is 11.9. The van der Waals surface area contributed by atoms with Gasteiger partial charge in [-0.3, -0.25) is 9.59 Å². The highest BCUT2D eigenvalue weighted by Crippen LogP contribution is 2.28. The quantitative estimate of drug-likeness (QED) is 0.833. The normalized spacial score (nSPS) is 21.6. The Morgan fingerprint density at radius 1 is 1.45 bits per heavy atom. The summed E-state index contributed by atoms with van der Waals surface area (Å²) in [7, 11) is 0. The van der Waals surface area contributed by atoms with Crippen molar-refractivity contribution in [3.05, 3.63) is 17.5 Å². The number of hydrogen-bond acceptors (Lipinski definition) is 4. The van der Waals surface area contributed by atoms with Crippen LogP contribution in [0.3, 0.4) is 0 Å². The van der Waals surface area contributed by atoms with E-state index < -0.39 is 5.97 Å². The number of carboxylic acids is 1. The Morgan fingerprint density at radius 2 is 2.10 bits per heavy atom. The van der Waals surface area contributed by atoms with Gasteiger partial charge in [0, 0.05) is 18.0 Å². The lowest BCUT2D eigenvalue weighted by molar-refractivity contribution is -0.145. The molecule has 0 aliphatic heterocycles. The van der Waals surface area contributed by atoms with Crippen molar-refractivity contribution in [2.75, 3.05) is 0 Å². The molecule has 110 valence electrons. The zero-order valence-electron chi connectivity index (χ0n) is 11.8. The third-order valence-corrected chi connectivity index (χ3v) is 3.98. The second-order valence-corrected chi connectivity index (χ2v) is 5.31. The first-order valence-corrected chi connectivity index (χ1v) is 7.05. The standard InChI is InChI=1S/C14H20N2O4/c1-3-8(4-2)11-7-12(20-16-11)13(17)15-10-5-9(6-10)14(18)19/h7-10H,3-6H2,1-2H3,(H,15,17)(H,18,19). The average molecular weight is 280 g/mol. The second-order valence-electron chi connectivity index (χ2n) is 5.31. The highest BCUT2D eigenvalue weighted by atomic mass is 16.5. The van der Waals surface area contributed by atoms with Crippen molar-refractivity contribution in [1.82, 2.24) is 10.5 Å². The molecule has 1 fully saturated rings. The maximum absolute atomic E-state index is 11.9. The van der Waals surface area contributed by atoms with Gasteiger partial charge in [-0.15, -0.1) is 0 Å². The summed E-state index contributed by atoms with van der Waals surface area (Å²) in [5.41, 5.74) is 0.803. The zero-order valence-corrected chi connectivity index (χ0v) is 11.8. The van der Waals surface area contributed by atoms with Crippen LogP contribution < -0.4 is 5.32 Å². The Kier molecular flexibility index (Phi) is 4.42. The van der Waals surface area contributed by atoms with Gasteiger partial charge in [-0.05, 0) is 25.7 Å². The van der Waals surface area contributed by atoms with Crippen LogP contribution in [0, 0.1) is 5.92 Å². The number of carbonyl (C=O) groups is 2. The third kappa shape index (κ3) is 3.00. The molecule has 0 unspecified atom stereocenters. The average Bonchev–Trinajstić information content (AvgIpc) is 2.83. The summed E-state index contributed by atoms with van der Waals surface area (Å²) in [5.74, 6) is -0.948. The Hall–Kier alpha value is -1.85. The van der Waals surface area contributed by atoms with Crippen LogP contribution in [0.1, 0.15) is 61.7 Å². The van der Waals surface area contributed by atoms with Gasteiger partial charge in [0.25, 0.3) is 5.91 Å². The lowest BCUT2D eigenvalue weighted by Crippen LogP contribution is -2.46. The Bertz CT molecular complexity index is 487. The number of aromatic nitrogens is 1. The molecule has 2 rings (SSSR count). The molecule has 0 atom stereocenters. The number of hydrogen-bond donors (Lipinski definition) is 2. The predicted molar refractivity (Wildman–Crippen MR) is 71.4 cm³/mol. The van der Waals surface area contributed by atoms with Crippen molar-refractivity contribution in [3.8, 4) is 0 Å². The Labute approximate surface area is 117 Å². The van der Waals surface area contributed by atoms with Crippen LogP contribution in [0.15, 0.2) is 10.6 Å². The molecule has 1 aromatic rings. The molecular weight excluding hydrogens is 260 g/mol. The van der Waals surface area contributed by atoms with Gasteiger partial charge >= 0.3 is 5.97 Å². The van der Waals surface area contributed by atoms with Gasteiger partial charge in [0.2, 0.25) is 5.76 Å². The number of carboxylic acid groups (broad SMARTS) is 1. The lowest BCUT2D eigenvalue weighted by atomic mass is 9.80. The molecule has 1 saturated carbocycles. The van der Waals surface area contributed by atoms with Gasteiger partial charge in [0.15, 0.2) is 0 Å². The van der Waals surface area contributed by atoms with E-state index in [4.69, 9.17) is 9.63 Å². The van der Waals surface area contributed by atoms with Crippen LogP contribution in [0.25, 0.3) is 0 Å². The van der Waals surface area contributed by atoms with E-state index in [1.54, 1.807) is 6.07 Å². The lowest BCUT2D eigenvalue weighted by Gasteiger charge is -2.32. The summed E-state index contributed by atoms with van der Waals surface area (Å²) in [6.45, 7) is 4.14. The Morgan fingerprint density at radius 3 is 2.65 bits per heavy atom. The maximum Gasteiger partial charge on any atom is 0.306 e. The van der Waals surface area contributed by atoms with Crippen molar-refractivity contribution < 1.29 is 19.2 Å². The molecule has 0 spiro atoms.